The molecule has 108 valence electrons. The van der Waals surface area contributed by atoms with Crippen molar-refractivity contribution in [2.24, 2.45) is 0 Å². The molecule has 5 heteroatoms. The summed E-state index contributed by atoms with van der Waals surface area (Å²) in [5.74, 6) is 0.496. The molecule has 1 unspecified atom stereocenters. The molecule has 0 aliphatic heterocycles. The fourth-order valence-electron chi connectivity index (χ4n) is 1.91. The largest absolute Gasteiger partial charge is 0.495 e. The number of hydrogen-bond donors (Lipinski definition) is 2. The van der Waals surface area contributed by atoms with E-state index in [0.717, 1.165) is 12.8 Å². The monoisotopic (exact) mass is 275 g/mol. The number of carbonyl (C=O) groups is 1. The molecule has 2 N–H and O–H groups in total. The van der Waals surface area contributed by atoms with Crippen molar-refractivity contribution >= 4 is 11.6 Å². The first-order valence-corrected chi connectivity index (χ1v) is 6.72. The second kappa shape index (κ2) is 8.05. The van der Waals surface area contributed by atoms with E-state index in [9.17, 15) is 4.79 Å². The van der Waals surface area contributed by atoms with Gasteiger partial charge in [-0.15, -0.1) is 0 Å². The van der Waals surface area contributed by atoms with Crippen molar-refractivity contribution in [1.82, 2.24) is 5.32 Å². The molecule has 5 nitrogen and oxygen atoms in total. The van der Waals surface area contributed by atoms with E-state index in [2.05, 4.69) is 17.6 Å². The van der Waals surface area contributed by atoms with Gasteiger partial charge in [-0.1, -0.05) is 13.3 Å². The van der Waals surface area contributed by atoms with Gasteiger partial charge in [-0.25, -0.2) is 0 Å². The van der Waals surface area contributed by atoms with Gasteiger partial charge in [-0.3, -0.25) is 4.79 Å². The van der Waals surface area contributed by atoms with Gasteiger partial charge in [0, 0.05) is 12.1 Å². The smallest absolute Gasteiger partial charge is 0.239 e. The van der Waals surface area contributed by atoms with Crippen LogP contribution in [-0.2, 0) is 4.79 Å². The first-order valence-electron chi connectivity index (χ1n) is 6.72. The van der Waals surface area contributed by atoms with Gasteiger partial charge < -0.3 is 15.4 Å². The Balaban J connectivity index is 2.57. The molecule has 1 aromatic carbocycles. The predicted octanol–water partition coefficient (Wildman–Crippen LogP) is 2.28. The van der Waals surface area contributed by atoms with E-state index >= 15 is 0 Å². The van der Waals surface area contributed by atoms with Crippen molar-refractivity contribution in [3.63, 3.8) is 0 Å². The van der Waals surface area contributed by atoms with Crippen LogP contribution in [0.3, 0.4) is 0 Å². The molecule has 0 spiro atoms. The van der Waals surface area contributed by atoms with Gasteiger partial charge >= 0.3 is 0 Å². The third-order valence-corrected chi connectivity index (χ3v) is 2.90. The van der Waals surface area contributed by atoms with Crippen molar-refractivity contribution in [2.75, 3.05) is 19.0 Å². The quantitative estimate of drug-likeness (QED) is 0.800. The summed E-state index contributed by atoms with van der Waals surface area (Å²) in [5.41, 5.74) is 1.22. The molecule has 1 aromatic rings. The van der Waals surface area contributed by atoms with Crippen LogP contribution in [0.5, 0.6) is 5.75 Å². The lowest BCUT2D eigenvalue weighted by molar-refractivity contribution is -0.120. The minimum Gasteiger partial charge on any atom is -0.495 e. The highest BCUT2D eigenvalue weighted by molar-refractivity contribution is 5.81. The summed E-state index contributed by atoms with van der Waals surface area (Å²) in [6.45, 7) is 4.25. The third-order valence-electron chi connectivity index (χ3n) is 2.90. The fourth-order valence-corrected chi connectivity index (χ4v) is 1.91. The summed E-state index contributed by atoms with van der Waals surface area (Å²) in [6.07, 6.45) is 2.00. The molecule has 0 radical (unpaired) electrons. The van der Waals surface area contributed by atoms with Gasteiger partial charge in [-0.05, 0) is 25.5 Å². The van der Waals surface area contributed by atoms with Crippen LogP contribution >= 0.6 is 0 Å². The number of ether oxygens (including phenoxy) is 1. The van der Waals surface area contributed by atoms with Crippen LogP contribution in [0.25, 0.3) is 0 Å². The van der Waals surface area contributed by atoms with Gasteiger partial charge in [0.05, 0.1) is 31.0 Å². The lowest BCUT2D eigenvalue weighted by Crippen LogP contribution is -2.36. The average Bonchev–Trinajstić information content (AvgIpc) is 2.45. The highest BCUT2D eigenvalue weighted by atomic mass is 16.5. The Hall–Kier alpha value is -2.22. The van der Waals surface area contributed by atoms with Crippen molar-refractivity contribution in [2.45, 2.75) is 32.7 Å². The molecule has 0 aliphatic carbocycles. The molecule has 1 rings (SSSR count). The molecular formula is C15H21N3O2. The Bertz CT molecular complexity index is 494. The van der Waals surface area contributed by atoms with Gasteiger partial charge in [-0.2, -0.15) is 5.26 Å². The number of hydrogen-bond acceptors (Lipinski definition) is 4. The second-order valence-corrected chi connectivity index (χ2v) is 4.64. The Morgan fingerprint density at radius 3 is 2.85 bits per heavy atom. The first kappa shape index (κ1) is 15.8. The number of rotatable bonds is 7. The van der Waals surface area contributed by atoms with Gasteiger partial charge in [0.2, 0.25) is 5.91 Å². The number of amides is 1. The van der Waals surface area contributed by atoms with Gasteiger partial charge in [0.1, 0.15) is 5.75 Å². The molecule has 0 heterocycles. The maximum atomic E-state index is 11.8. The Kier molecular flexibility index (Phi) is 6.38. The van der Waals surface area contributed by atoms with E-state index in [-0.39, 0.29) is 18.5 Å². The standard InChI is InChI=1S/C15H21N3O2/c1-4-5-11(2)18-15(19)10-17-13-7-6-12(9-16)8-14(13)20-3/h6-8,11,17H,4-5,10H2,1-3H3,(H,18,19). The maximum absolute atomic E-state index is 11.8. The predicted molar refractivity (Wildman–Crippen MR) is 78.7 cm³/mol. The van der Waals surface area contributed by atoms with E-state index in [1.807, 2.05) is 13.0 Å². The van der Waals surface area contributed by atoms with Crippen molar-refractivity contribution in [3.05, 3.63) is 23.8 Å². The number of methoxy groups -OCH3 is 1. The molecule has 1 atom stereocenters. The van der Waals surface area contributed by atoms with Crippen molar-refractivity contribution < 1.29 is 9.53 Å². The molecular weight excluding hydrogens is 254 g/mol. The number of nitrogens with one attached hydrogen (secondary N) is 2. The Morgan fingerprint density at radius 2 is 2.25 bits per heavy atom. The molecule has 0 saturated heterocycles. The highest BCUT2D eigenvalue weighted by Gasteiger charge is 2.08. The Morgan fingerprint density at radius 1 is 1.50 bits per heavy atom. The lowest BCUT2D eigenvalue weighted by atomic mass is 10.2. The summed E-state index contributed by atoms with van der Waals surface area (Å²) in [7, 11) is 1.53. The summed E-state index contributed by atoms with van der Waals surface area (Å²) in [6, 6.07) is 7.28. The molecule has 0 aromatic heterocycles. The van der Waals surface area contributed by atoms with Gasteiger partial charge in [0.25, 0.3) is 0 Å². The zero-order chi connectivity index (χ0) is 15.0. The highest BCUT2D eigenvalue weighted by Crippen LogP contribution is 2.24. The molecule has 0 aliphatic rings. The number of anilines is 1. The van der Waals surface area contributed by atoms with Gasteiger partial charge in [0.15, 0.2) is 0 Å². The van der Waals surface area contributed by atoms with Crippen LogP contribution in [0.15, 0.2) is 18.2 Å². The van der Waals surface area contributed by atoms with E-state index in [4.69, 9.17) is 10.00 Å². The second-order valence-electron chi connectivity index (χ2n) is 4.64. The van der Waals surface area contributed by atoms with E-state index < -0.39 is 0 Å². The van der Waals surface area contributed by atoms with Crippen LogP contribution in [0.2, 0.25) is 0 Å². The number of nitriles is 1. The normalized spacial score (nSPS) is 11.3. The molecule has 1 amide bonds. The summed E-state index contributed by atoms with van der Waals surface area (Å²) < 4.78 is 5.19. The fraction of sp³-hybridized carbons (Fsp3) is 0.467. The number of benzene rings is 1. The first-order chi connectivity index (χ1) is 9.60. The maximum Gasteiger partial charge on any atom is 0.239 e. The summed E-state index contributed by atoms with van der Waals surface area (Å²) >= 11 is 0. The van der Waals surface area contributed by atoms with Crippen LogP contribution < -0.4 is 15.4 Å². The van der Waals surface area contributed by atoms with Crippen LogP contribution in [0.1, 0.15) is 32.3 Å². The van der Waals surface area contributed by atoms with Crippen LogP contribution in [0.4, 0.5) is 5.69 Å². The molecule has 0 saturated carbocycles. The minimum absolute atomic E-state index is 0.0580. The number of carbonyl (C=O) groups excluding carboxylic acids is 1. The van der Waals surface area contributed by atoms with E-state index in [0.29, 0.717) is 17.0 Å². The summed E-state index contributed by atoms with van der Waals surface area (Å²) in [4.78, 5) is 11.8. The molecule has 0 fully saturated rings. The third kappa shape index (κ3) is 4.81. The molecule has 20 heavy (non-hydrogen) atoms. The van der Waals surface area contributed by atoms with Crippen molar-refractivity contribution in [3.8, 4) is 11.8 Å². The zero-order valence-electron chi connectivity index (χ0n) is 12.2. The Labute approximate surface area is 119 Å². The van der Waals surface area contributed by atoms with E-state index in [1.54, 1.807) is 18.2 Å². The zero-order valence-corrected chi connectivity index (χ0v) is 12.2. The lowest BCUT2D eigenvalue weighted by Gasteiger charge is -2.14. The topological polar surface area (TPSA) is 74.2 Å². The average molecular weight is 275 g/mol. The van der Waals surface area contributed by atoms with Crippen molar-refractivity contribution in [1.29, 1.82) is 5.26 Å². The van der Waals surface area contributed by atoms with Crippen LogP contribution in [0, 0.1) is 11.3 Å². The number of nitrogens with zero attached hydrogens (tertiary/aromatic N) is 1. The molecule has 0 bridgehead atoms. The minimum atomic E-state index is -0.0580. The van der Waals surface area contributed by atoms with Crippen LogP contribution in [-0.4, -0.2) is 25.6 Å². The SMILES string of the molecule is CCCC(C)NC(=O)CNc1ccc(C#N)cc1OC. The van der Waals surface area contributed by atoms with E-state index in [1.165, 1.54) is 7.11 Å². The summed E-state index contributed by atoms with van der Waals surface area (Å²) in [5, 5.41) is 14.8.